The summed E-state index contributed by atoms with van der Waals surface area (Å²) in [7, 11) is 3.03. The molecular formula is C22H23ClN2O4. The first-order valence-corrected chi connectivity index (χ1v) is 9.40. The minimum Gasteiger partial charge on any atom is -0.495 e. The number of aryl methyl sites for hydroxylation is 1. The Labute approximate surface area is 174 Å². The van der Waals surface area contributed by atoms with Crippen molar-refractivity contribution in [3.8, 4) is 11.5 Å². The molecular weight excluding hydrogens is 392 g/mol. The van der Waals surface area contributed by atoms with Crippen molar-refractivity contribution in [3.05, 3.63) is 70.4 Å². The van der Waals surface area contributed by atoms with Crippen LogP contribution in [0.3, 0.4) is 0 Å². The summed E-state index contributed by atoms with van der Waals surface area (Å²) in [5, 5.41) is 3.17. The van der Waals surface area contributed by atoms with Crippen LogP contribution in [-0.2, 0) is 11.3 Å². The number of benzene rings is 1. The molecule has 0 unspecified atom stereocenters. The van der Waals surface area contributed by atoms with Gasteiger partial charge in [-0.15, -0.1) is 0 Å². The lowest BCUT2D eigenvalue weighted by atomic mass is 10.2. The summed E-state index contributed by atoms with van der Waals surface area (Å²) in [6.45, 7) is 4.68. The largest absolute Gasteiger partial charge is 0.495 e. The standard InChI is InChI=1S/C22H23ClN2O4/c1-14-10-16(15(2)25(14)13-17-6-5-9-29-17)7-8-22(26)24-19-11-18(23)20(27-3)12-21(19)28-4/h5-12H,13H2,1-4H3,(H,24,26)/b8-7+. The molecule has 0 bridgehead atoms. The van der Waals surface area contributed by atoms with Gasteiger partial charge in [0.25, 0.3) is 0 Å². The van der Waals surface area contributed by atoms with Crippen molar-refractivity contribution in [2.24, 2.45) is 0 Å². The summed E-state index contributed by atoms with van der Waals surface area (Å²) in [5.74, 6) is 1.52. The predicted octanol–water partition coefficient (Wildman–Crippen LogP) is 5.07. The minimum atomic E-state index is -0.291. The fourth-order valence-corrected chi connectivity index (χ4v) is 3.34. The van der Waals surface area contributed by atoms with Gasteiger partial charge in [-0.25, -0.2) is 0 Å². The van der Waals surface area contributed by atoms with Crippen molar-refractivity contribution in [2.45, 2.75) is 20.4 Å². The van der Waals surface area contributed by atoms with Gasteiger partial charge in [0, 0.05) is 23.5 Å². The van der Waals surface area contributed by atoms with Gasteiger partial charge in [0.05, 0.1) is 37.7 Å². The second-order valence-electron chi connectivity index (χ2n) is 6.50. The molecule has 1 N–H and O–H groups in total. The van der Waals surface area contributed by atoms with Crippen LogP contribution in [0.4, 0.5) is 5.69 Å². The van der Waals surface area contributed by atoms with Gasteiger partial charge < -0.3 is 23.8 Å². The van der Waals surface area contributed by atoms with Crippen LogP contribution in [-0.4, -0.2) is 24.7 Å². The van der Waals surface area contributed by atoms with Crippen molar-refractivity contribution >= 4 is 29.3 Å². The van der Waals surface area contributed by atoms with Gasteiger partial charge in [-0.1, -0.05) is 11.6 Å². The van der Waals surface area contributed by atoms with E-state index in [4.69, 9.17) is 25.5 Å². The predicted molar refractivity (Wildman–Crippen MR) is 114 cm³/mol. The summed E-state index contributed by atoms with van der Waals surface area (Å²) < 4.78 is 18.1. The van der Waals surface area contributed by atoms with E-state index in [1.54, 1.807) is 24.5 Å². The van der Waals surface area contributed by atoms with Gasteiger partial charge in [-0.05, 0) is 49.8 Å². The molecule has 2 heterocycles. The Kier molecular flexibility index (Phi) is 6.34. The van der Waals surface area contributed by atoms with E-state index in [-0.39, 0.29) is 5.91 Å². The van der Waals surface area contributed by atoms with Gasteiger partial charge in [0.2, 0.25) is 5.91 Å². The molecule has 0 aliphatic heterocycles. The number of anilines is 1. The fourth-order valence-electron chi connectivity index (χ4n) is 3.10. The molecule has 0 saturated carbocycles. The number of amides is 1. The van der Waals surface area contributed by atoms with Gasteiger partial charge >= 0.3 is 0 Å². The van der Waals surface area contributed by atoms with Crippen molar-refractivity contribution < 1.29 is 18.7 Å². The number of furan rings is 1. The minimum absolute atomic E-state index is 0.291. The van der Waals surface area contributed by atoms with E-state index in [2.05, 4.69) is 9.88 Å². The lowest BCUT2D eigenvalue weighted by molar-refractivity contribution is -0.111. The van der Waals surface area contributed by atoms with E-state index in [0.29, 0.717) is 28.8 Å². The van der Waals surface area contributed by atoms with Crippen LogP contribution in [0.2, 0.25) is 5.02 Å². The van der Waals surface area contributed by atoms with Crippen molar-refractivity contribution in [1.82, 2.24) is 4.57 Å². The van der Waals surface area contributed by atoms with Crippen LogP contribution in [0.5, 0.6) is 11.5 Å². The monoisotopic (exact) mass is 414 g/mol. The average Bonchev–Trinajstić information content (AvgIpc) is 3.30. The van der Waals surface area contributed by atoms with Crippen LogP contribution in [0.15, 0.2) is 47.1 Å². The molecule has 152 valence electrons. The van der Waals surface area contributed by atoms with E-state index in [9.17, 15) is 4.79 Å². The average molecular weight is 415 g/mol. The van der Waals surface area contributed by atoms with Gasteiger partial charge in [-0.2, -0.15) is 0 Å². The highest BCUT2D eigenvalue weighted by Crippen LogP contribution is 2.35. The van der Waals surface area contributed by atoms with Gasteiger partial charge in [0.15, 0.2) is 0 Å². The Bertz CT molecular complexity index is 1040. The number of carbonyl (C=O) groups is 1. The van der Waals surface area contributed by atoms with Crippen LogP contribution in [0.25, 0.3) is 6.08 Å². The Morgan fingerprint density at radius 2 is 1.97 bits per heavy atom. The van der Waals surface area contributed by atoms with Crippen LogP contribution >= 0.6 is 11.6 Å². The van der Waals surface area contributed by atoms with Crippen molar-refractivity contribution in [2.75, 3.05) is 19.5 Å². The molecule has 29 heavy (non-hydrogen) atoms. The third-order valence-corrected chi connectivity index (χ3v) is 4.95. The molecule has 0 fully saturated rings. The van der Waals surface area contributed by atoms with Crippen LogP contribution in [0.1, 0.15) is 22.7 Å². The zero-order chi connectivity index (χ0) is 21.0. The van der Waals surface area contributed by atoms with Gasteiger partial charge in [0.1, 0.15) is 17.3 Å². The van der Waals surface area contributed by atoms with Crippen molar-refractivity contribution in [1.29, 1.82) is 0 Å². The molecule has 1 aromatic carbocycles. The number of rotatable bonds is 7. The van der Waals surface area contributed by atoms with E-state index in [0.717, 1.165) is 22.7 Å². The maximum Gasteiger partial charge on any atom is 0.248 e. The van der Waals surface area contributed by atoms with Gasteiger partial charge in [-0.3, -0.25) is 4.79 Å². The number of hydrogen-bond donors (Lipinski definition) is 1. The summed E-state index contributed by atoms with van der Waals surface area (Å²) in [6.07, 6.45) is 4.93. The molecule has 6 nitrogen and oxygen atoms in total. The third kappa shape index (κ3) is 4.66. The summed E-state index contributed by atoms with van der Waals surface area (Å²) in [5.41, 5.74) is 3.57. The molecule has 0 radical (unpaired) electrons. The molecule has 3 aromatic rings. The molecule has 7 heteroatoms. The highest BCUT2D eigenvalue weighted by atomic mass is 35.5. The fraction of sp³-hybridized carbons (Fsp3) is 0.227. The Morgan fingerprint density at radius 1 is 1.21 bits per heavy atom. The first kappa shape index (κ1) is 20.6. The first-order chi connectivity index (χ1) is 13.9. The maximum absolute atomic E-state index is 12.4. The zero-order valence-electron chi connectivity index (χ0n) is 16.8. The van der Waals surface area contributed by atoms with E-state index < -0.39 is 0 Å². The van der Waals surface area contributed by atoms with Crippen molar-refractivity contribution in [3.63, 3.8) is 0 Å². The molecule has 3 rings (SSSR count). The molecule has 1 amide bonds. The summed E-state index contributed by atoms with van der Waals surface area (Å²) in [6, 6.07) is 9.07. The Morgan fingerprint density at radius 3 is 2.62 bits per heavy atom. The zero-order valence-corrected chi connectivity index (χ0v) is 17.5. The van der Waals surface area contributed by atoms with Crippen LogP contribution < -0.4 is 14.8 Å². The summed E-state index contributed by atoms with van der Waals surface area (Å²) >= 11 is 6.15. The number of aromatic nitrogens is 1. The number of hydrogen-bond acceptors (Lipinski definition) is 4. The molecule has 2 aromatic heterocycles. The van der Waals surface area contributed by atoms with Crippen LogP contribution in [0, 0.1) is 13.8 Å². The number of halogens is 1. The Hall–Kier alpha value is -3.12. The van der Waals surface area contributed by atoms with E-state index in [1.807, 2.05) is 32.0 Å². The number of methoxy groups -OCH3 is 2. The number of ether oxygens (including phenoxy) is 2. The lowest BCUT2D eigenvalue weighted by Gasteiger charge is -2.12. The first-order valence-electron chi connectivity index (χ1n) is 9.02. The second kappa shape index (κ2) is 8.92. The number of carbonyl (C=O) groups excluding carboxylic acids is 1. The smallest absolute Gasteiger partial charge is 0.248 e. The highest BCUT2D eigenvalue weighted by Gasteiger charge is 2.12. The Balaban J connectivity index is 1.75. The lowest BCUT2D eigenvalue weighted by Crippen LogP contribution is -2.09. The van der Waals surface area contributed by atoms with E-state index in [1.165, 1.54) is 20.3 Å². The SMILES string of the molecule is COc1cc(OC)c(NC(=O)/C=C/c2cc(C)n(Cc3ccco3)c2C)cc1Cl. The molecule has 0 aliphatic carbocycles. The third-order valence-electron chi connectivity index (χ3n) is 4.65. The second-order valence-corrected chi connectivity index (χ2v) is 6.91. The molecule has 0 saturated heterocycles. The summed E-state index contributed by atoms with van der Waals surface area (Å²) in [4.78, 5) is 12.4. The normalized spacial score (nSPS) is 11.1. The van der Waals surface area contributed by atoms with E-state index >= 15 is 0 Å². The highest BCUT2D eigenvalue weighted by molar-refractivity contribution is 6.32. The molecule has 0 spiro atoms. The quantitative estimate of drug-likeness (QED) is 0.548. The molecule has 0 atom stereocenters. The molecule has 0 aliphatic rings. The number of nitrogens with zero attached hydrogens (tertiary/aromatic N) is 1. The topological polar surface area (TPSA) is 65.6 Å². The number of nitrogens with one attached hydrogen (secondary N) is 1. The maximum atomic E-state index is 12.4.